The van der Waals surface area contributed by atoms with E-state index in [0.29, 0.717) is 11.4 Å². The number of carbonyl (C=O) groups excluding carboxylic acids is 1. The van der Waals surface area contributed by atoms with E-state index in [9.17, 15) is 14.7 Å². The van der Waals surface area contributed by atoms with Gasteiger partial charge in [0, 0.05) is 18.2 Å². The maximum Gasteiger partial charge on any atom is 0.408 e. The van der Waals surface area contributed by atoms with Crippen LogP contribution in [0.1, 0.15) is 58.4 Å². The topological polar surface area (TPSA) is 97.8 Å². The van der Waals surface area contributed by atoms with Crippen molar-refractivity contribution in [2.24, 2.45) is 0 Å². The van der Waals surface area contributed by atoms with E-state index in [1.165, 1.54) is 6.42 Å². The first-order chi connectivity index (χ1) is 12.2. The van der Waals surface area contributed by atoms with Crippen molar-refractivity contribution < 1.29 is 24.2 Å². The number of hydrogen-bond acceptors (Lipinski definition) is 5. The van der Waals surface area contributed by atoms with Gasteiger partial charge in [0.1, 0.15) is 17.7 Å². The third-order valence-corrected chi connectivity index (χ3v) is 4.09. The van der Waals surface area contributed by atoms with Gasteiger partial charge in [0.2, 0.25) is 5.88 Å². The molecule has 1 aliphatic carbocycles. The molecule has 1 heterocycles. The van der Waals surface area contributed by atoms with Crippen molar-refractivity contribution in [1.82, 2.24) is 10.3 Å². The molecule has 1 aromatic rings. The molecule has 0 saturated heterocycles. The van der Waals surface area contributed by atoms with Crippen molar-refractivity contribution >= 4 is 12.1 Å². The van der Waals surface area contributed by atoms with Gasteiger partial charge in [-0.25, -0.2) is 14.6 Å². The molecule has 1 amide bonds. The second kappa shape index (κ2) is 8.87. The molecular formula is C19H28N2O5. The van der Waals surface area contributed by atoms with Crippen LogP contribution in [0.15, 0.2) is 18.3 Å². The first-order valence-corrected chi connectivity index (χ1v) is 9.07. The summed E-state index contributed by atoms with van der Waals surface area (Å²) in [6.07, 6.45) is 6.49. The molecular weight excluding hydrogens is 336 g/mol. The molecule has 2 N–H and O–H groups in total. The Morgan fingerprint density at radius 1 is 1.31 bits per heavy atom. The Morgan fingerprint density at radius 3 is 2.62 bits per heavy atom. The molecule has 1 aromatic heterocycles. The number of aromatic nitrogens is 1. The van der Waals surface area contributed by atoms with Gasteiger partial charge in [-0.05, 0) is 52.5 Å². The van der Waals surface area contributed by atoms with Gasteiger partial charge in [0.25, 0.3) is 0 Å². The van der Waals surface area contributed by atoms with Crippen LogP contribution < -0.4 is 10.1 Å². The van der Waals surface area contributed by atoms with Gasteiger partial charge in [-0.3, -0.25) is 0 Å². The second-order valence-corrected chi connectivity index (χ2v) is 7.59. The maximum absolute atomic E-state index is 11.9. The first kappa shape index (κ1) is 20.0. The minimum absolute atomic E-state index is 0.0739. The summed E-state index contributed by atoms with van der Waals surface area (Å²) >= 11 is 0. The number of nitrogens with zero attached hydrogens (tertiary/aromatic N) is 1. The number of pyridine rings is 1. The Hall–Kier alpha value is -2.31. The van der Waals surface area contributed by atoms with E-state index in [1.807, 2.05) is 0 Å². The molecule has 1 aliphatic rings. The van der Waals surface area contributed by atoms with Crippen LogP contribution in [-0.4, -0.2) is 39.9 Å². The summed E-state index contributed by atoms with van der Waals surface area (Å²) in [5, 5.41) is 11.9. The monoisotopic (exact) mass is 364 g/mol. The number of amides is 1. The second-order valence-electron chi connectivity index (χ2n) is 7.59. The summed E-state index contributed by atoms with van der Waals surface area (Å²) in [6, 6.07) is 2.38. The lowest BCUT2D eigenvalue weighted by atomic mass is 9.98. The zero-order valence-electron chi connectivity index (χ0n) is 15.7. The summed E-state index contributed by atoms with van der Waals surface area (Å²) in [5.74, 6) is -0.694. The third kappa shape index (κ3) is 6.54. The van der Waals surface area contributed by atoms with Crippen LogP contribution in [0.25, 0.3) is 0 Å². The molecule has 0 bridgehead atoms. The van der Waals surface area contributed by atoms with Crippen molar-refractivity contribution in [3.8, 4) is 5.88 Å². The summed E-state index contributed by atoms with van der Waals surface area (Å²) in [7, 11) is 0. The van der Waals surface area contributed by atoms with Crippen LogP contribution in [-0.2, 0) is 16.0 Å². The van der Waals surface area contributed by atoms with E-state index < -0.39 is 23.7 Å². The summed E-state index contributed by atoms with van der Waals surface area (Å²) < 4.78 is 11.2. The standard InChI is InChI=1S/C19H28N2O5/c1-19(2,3)26-18(24)21-15(17(22)23)12-13-8-7-11-20-16(13)25-14-9-5-4-6-10-14/h7-8,11,14-15H,4-6,9-10,12H2,1-3H3,(H,21,24)(H,22,23). The first-order valence-electron chi connectivity index (χ1n) is 9.07. The van der Waals surface area contributed by atoms with Crippen LogP contribution >= 0.6 is 0 Å². The molecule has 0 spiro atoms. The molecule has 1 atom stereocenters. The minimum Gasteiger partial charge on any atom is -0.480 e. The number of carboxylic acids is 1. The van der Waals surface area contributed by atoms with Gasteiger partial charge in [0.05, 0.1) is 0 Å². The van der Waals surface area contributed by atoms with Gasteiger partial charge < -0.3 is 19.9 Å². The Bertz CT molecular complexity index is 621. The Kier molecular flexibility index (Phi) is 6.83. The average Bonchev–Trinajstić information content (AvgIpc) is 2.55. The van der Waals surface area contributed by atoms with Crippen LogP contribution in [0, 0.1) is 0 Å². The molecule has 7 nitrogen and oxygen atoms in total. The number of hydrogen-bond donors (Lipinski definition) is 2. The van der Waals surface area contributed by atoms with E-state index in [1.54, 1.807) is 39.1 Å². The van der Waals surface area contributed by atoms with E-state index in [0.717, 1.165) is 25.7 Å². The number of ether oxygens (including phenoxy) is 2. The zero-order chi connectivity index (χ0) is 19.2. The molecule has 1 unspecified atom stereocenters. The fourth-order valence-corrected chi connectivity index (χ4v) is 2.90. The SMILES string of the molecule is CC(C)(C)OC(=O)NC(Cc1cccnc1OC1CCCCC1)C(=O)O. The molecule has 144 valence electrons. The minimum atomic E-state index is -1.14. The highest BCUT2D eigenvalue weighted by Gasteiger charge is 2.26. The van der Waals surface area contributed by atoms with Crippen LogP contribution in [0.2, 0.25) is 0 Å². The predicted octanol–water partition coefficient (Wildman–Crippen LogP) is 3.31. The van der Waals surface area contributed by atoms with Crippen molar-refractivity contribution in [3.63, 3.8) is 0 Å². The van der Waals surface area contributed by atoms with E-state index in [4.69, 9.17) is 9.47 Å². The lowest BCUT2D eigenvalue weighted by Crippen LogP contribution is -2.44. The molecule has 0 radical (unpaired) electrons. The summed E-state index contributed by atoms with van der Waals surface area (Å²) in [4.78, 5) is 27.8. The molecule has 2 rings (SSSR count). The number of carbonyl (C=O) groups is 2. The molecule has 0 aliphatic heterocycles. The number of rotatable bonds is 6. The average molecular weight is 364 g/mol. The Balaban J connectivity index is 2.06. The highest BCUT2D eigenvalue weighted by atomic mass is 16.6. The largest absolute Gasteiger partial charge is 0.480 e. The van der Waals surface area contributed by atoms with Gasteiger partial charge in [0.15, 0.2) is 0 Å². The van der Waals surface area contributed by atoms with Gasteiger partial charge >= 0.3 is 12.1 Å². The molecule has 7 heteroatoms. The van der Waals surface area contributed by atoms with Gasteiger partial charge in [-0.15, -0.1) is 0 Å². The fraction of sp³-hybridized carbons (Fsp3) is 0.632. The third-order valence-electron chi connectivity index (χ3n) is 4.09. The summed E-state index contributed by atoms with van der Waals surface area (Å²) in [5.41, 5.74) is -0.0435. The van der Waals surface area contributed by atoms with Crippen LogP contribution in [0.4, 0.5) is 4.79 Å². The highest BCUT2D eigenvalue weighted by Crippen LogP contribution is 2.25. The quantitative estimate of drug-likeness (QED) is 0.804. The predicted molar refractivity (Wildman–Crippen MR) is 96.2 cm³/mol. The normalized spacial score (nSPS) is 16.6. The number of nitrogens with one attached hydrogen (secondary N) is 1. The van der Waals surface area contributed by atoms with Crippen LogP contribution in [0.3, 0.4) is 0 Å². The highest BCUT2D eigenvalue weighted by molar-refractivity contribution is 5.80. The Morgan fingerprint density at radius 2 is 2.00 bits per heavy atom. The van der Waals surface area contributed by atoms with Crippen molar-refractivity contribution in [1.29, 1.82) is 0 Å². The zero-order valence-corrected chi connectivity index (χ0v) is 15.7. The number of carboxylic acid groups (broad SMARTS) is 1. The fourth-order valence-electron chi connectivity index (χ4n) is 2.90. The Labute approximate surface area is 154 Å². The number of alkyl carbamates (subject to hydrolysis) is 1. The van der Waals surface area contributed by atoms with E-state index in [2.05, 4.69) is 10.3 Å². The smallest absolute Gasteiger partial charge is 0.408 e. The van der Waals surface area contributed by atoms with E-state index in [-0.39, 0.29) is 12.5 Å². The molecule has 26 heavy (non-hydrogen) atoms. The van der Waals surface area contributed by atoms with Crippen molar-refractivity contribution in [2.75, 3.05) is 0 Å². The van der Waals surface area contributed by atoms with Gasteiger partial charge in [-0.2, -0.15) is 0 Å². The lowest BCUT2D eigenvalue weighted by Gasteiger charge is -2.24. The molecule has 0 aromatic carbocycles. The van der Waals surface area contributed by atoms with Crippen molar-refractivity contribution in [2.45, 2.75) is 77.0 Å². The van der Waals surface area contributed by atoms with Crippen LogP contribution in [0.5, 0.6) is 5.88 Å². The molecule has 1 saturated carbocycles. The van der Waals surface area contributed by atoms with Crippen molar-refractivity contribution in [3.05, 3.63) is 23.9 Å². The van der Waals surface area contributed by atoms with E-state index >= 15 is 0 Å². The lowest BCUT2D eigenvalue weighted by molar-refractivity contribution is -0.139. The maximum atomic E-state index is 11.9. The molecule has 1 fully saturated rings. The van der Waals surface area contributed by atoms with Gasteiger partial charge in [-0.1, -0.05) is 12.5 Å². The number of aliphatic carboxylic acids is 1. The summed E-state index contributed by atoms with van der Waals surface area (Å²) in [6.45, 7) is 5.17.